The summed E-state index contributed by atoms with van der Waals surface area (Å²) in [4.78, 5) is 19.6. The molecule has 5 heterocycles. The third-order valence-corrected chi connectivity index (χ3v) is 8.94. The fraction of sp³-hybridized carbons (Fsp3) is 0.333. The number of phenolic OH excluding ortho intramolecular Hbond substituents is 1. The van der Waals surface area contributed by atoms with Gasteiger partial charge in [-0.05, 0) is 56.3 Å². The fourth-order valence-electron chi connectivity index (χ4n) is 6.11. The number of nitrogens with zero attached hydrogens (tertiary/aromatic N) is 5. The number of aromatic hydroxyl groups is 1. The number of hydrogen-bond acceptors (Lipinski definition) is 10. The molecule has 0 bridgehead atoms. The number of aromatic nitrogens is 4. The number of benzene rings is 2. The van der Waals surface area contributed by atoms with Crippen molar-refractivity contribution < 1.29 is 27.8 Å². The summed E-state index contributed by atoms with van der Waals surface area (Å²) in [5, 5.41) is 17.1. The Morgan fingerprint density at radius 2 is 1.96 bits per heavy atom. The summed E-state index contributed by atoms with van der Waals surface area (Å²) in [6.45, 7) is 4.05. The number of pyridine rings is 1. The Bertz CT molecular complexity index is 1970. The van der Waals surface area contributed by atoms with Crippen LogP contribution in [0, 0.1) is 30.9 Å². The second kappa shape index (κ2) is 13.0. The Morgan fingerprint density at radius 1 is 1.13 bits per heavy atom. The lowest BCUT2D eigenvalue weighted by atomic mass is 9.95. The van der Waals surface area contributed by atoms with Crippen LogP contribution in [0.1, 0.15) is 35.5 Å². The van der Waals surface area contributed by atoms with Crippen LogP contribution in [0.3, 0.4) is 0 Å². The number of terminal acetylenes is 1. The lowest BCUT2D eigenvalue weighted by Gasteiger charge is -2.16. The van der Waals surface area contributed by atoms with Gasteiger partial charge in [0.15, 0.2) is 5.82 Å². The number of alkyl halides is 1. The summed E-state index contributed by atoms with van der Waals surface area (Å²) < 4.78 is 54.1. The summed E-state index contributed by atoms with van der Waals surface area (Å²) in [5.74, 6) is 0.833. The van der Waals surface area contributed by atoms with Crippen molar-refractivity contribution >= 4 is 38.8 Å². The molecule has 2 atom stereocenters. The highest BCUT2D eigenvalue weighted by Gasteiger charge is 2.34. The summed E-state index contributed by atoms with van der Waals surface area (Å²) in [5.41, 5.74) is 0.362. The van der Waals surface area contributed by atoms with Crippen LogP contribution in [0.25, 0.3) is 32.9 Å². The number of aryl methyl sites for hydroxylation is 1. The molecule has 0 radical (unpaired) electrons. The molecule has 2 N–H and O–H groups in total. The number of halogens is 3. The molecular weight excluding hydrogens is 617 g/mol. The molecule has 46 heavy (non-hydrogen) atoms. The summed E-state index contributed by atoms with van der Waals surface area (Å²) in [6, 6.07) is 5.81. The zero-order chi connectivity index (χ0) is 32.5. The average molecular weight is 649 g/mol. The molecule has 0 amide bonds. The average Bonchev–Trinajstić information content (AvgIpc) is 3.76. The zero-order valence-corrected chi connectivity index (χ0v) is 26.2. The minimum absolute atomic E-state index is 0.00108. The fourth-order valence-corrected chi connectivity index (χ4v) is 6.72. The minimum atomic E-state index is -0.858. The number of nitrogens with one attached hydrogen (secondary N) is 1. The van der Waals surface area contributed by atoms with Gasteiger partial charge in [-0.25, -0.2) is 23.1 Å². The van der Waals surface area contributed by atoms with Crippen LogP contribution in [0.15, 0.2) is 29.6 Å². The molecule has 0 aliphatic carbocycles. The van der Waals surface area contributed by atoms with Gasteiger partial charge in [0.25, 0.3) is 0 Å². The predicted molar refractivity (Wildman–Crippen MR) is 171 cm³/mol. The molecule has 2 fully saturated rings. The van der Waals surface area contributed by atoms with E-state index >= 15 is 4.39 Å². The Morgan fingerprint density at radius 3 is 2.65 bits per heavy atom. The molecule has 5 aromatic rings. The lowest BCUT2D eigenvalue weighted by molar-refractivity contribution is 0.292. The molecule has 2 aliphatic rings. The highest BCUT2D eigenvalue weighted by atomic mass is 32.1. The van der Waals surface area contributed by atoms with E-state index in [0.29, 0.717) is 24.5 Å². The van der Waals surface area contributed by atoms with Crippen LogP contribution in [0.5, 0.6) is 17.6 Å². The Labute approximate surface area is 267 Å². The maximum Gasteiger partial charge on any atom is 0.318 e. The first kappa shape index (κ1) is 31.3. The van der Waals surface area contributed by atoms with E-state index in [4.69, 9.17) is 15.9 Å². The lowest BCUT2D eigenvalue weighted by Crippen LogP contribution is -2.22. The Kier molecular flexibility index (Phi) is 8.84. The summed E-state index contributed by atoms with van der Waals surface area (Å²) >= 11 is 1.50. The van der Waals surface area contributed by atoms with Crippen molar-refractivity contribution in [1.82, 2.24) is 24.8 Å². The number of hydrogen-bond donors (Lipinski definition) is 2. The van der Waals surface area contributed by atoms with E-state index in [9.17, 15) is 13.9 Å². The predicted octanol–water partition coefficient (Wildman–Crippen LogP) is 6.40. The van der Waals surface area contributed by atoms with Crippen molar-refractivity contribution in [3.8, 4) is 41.2 Å². The van der Waals surface area contributed by atoms with Crippen molar-refractivity contribution in [2.75, 3.05) is 32.6 Å². The molecule has 7 rings (SSSR count). The minimum Gasteiger partial charge on any atom is -0.508 e. The number of ether oxygens (including phenoxy) is 2. The number of methoxy groups -OCH3 is 2. The molecule has 0 spiro atoms. The Hall–Kier alpha value is -4.67. The normalized spacial score (nSPS) is 17.4. The van der Waals surface area contributed by atoms with Gasteiger partial charge in [0, 0.05) is 28.9 Å². The summed E-state index contributed by atoms with van der Waals surface area (Å²) in [7, 11) is 2.73. The monoisotopic (exact) mass is 648 g/mol. The molecule has 2 aliphatic heterocycles. The topological polar surface area (TPSA) is 106 Å². The van der Waals surface area contributed by atoms with Crippen molar-refractivity contribution in [1.29, 1.82) is 0 Å². The smallest absolute Gasteiger partial charge is 0.318 e. The van der Waals surface area contributed by atoms with Crippen LogP contribution < -0.4 is 14.8 Å². The van der Waals surface area contributed by atoms with Gasteiger partial charge in [-0.15, -0.1) is 17.8 Å². The van der Waals surface area contributed by atoms with Gasteiger partial charge in [-0.3, -0.25) is 4.90 Å². The van der Waals surface area contributed by atoms with Gasteiger partial charge in [0.2, 0.25) is 5.88 Å². The number of fused-ring (bicyclic) bond motifs is 3. The van der Waals surface area contributed by atoms with Crippen LogP contribution in [-0.2, 0) is 6.54 Å². The second-order valence-corrected chi connectivity index (χ2v) is 12.1. The van der Waals surface area contributed by atoms with Gasteiger partial charge in [0.05, 0.1) is 37.0 Å². The van der Waals surface area contributed by atoms with Gasteiger partial charge in [-0.1, -0.05) is 12.0 Å². The molecule has 3 aromatic heterocycles. The van der Waals surface area contributed by atoms with E-state index in [0.717, 1.165) is 23.7 Å². The maximum atomic E-state index is 16.2. The van der Waals surface area contributed by atoms with Crippen molar-refractivity contribution in [2.45, 2.75) is 44.9 Å². The third-order valence-electron chi connectivity index (χ3n) is 8.12. The standard InChI is InChI=1S/C26H19F2N5O3S.C7H12FN/c1-5-16-18(27)7-6-13-8-15(34)9-17(19(13)16)22-21(28)23-20(25(31-22)35-3)24(33-26(32-23)36-4)29-10-14-11-37-12(2)30-14;8-6-4-7-2-1-3-9(7)5-6/h1,6-9,11,34H,10H2,2-4H3,(H,29,32,33);6-7H,1-5H2. The first-order valence-corrected chi connectivity index (χ1v) is 15.5. The van der Waals surface area contributed by atoms with E-state index in [1.54, 1.807) is 0 Å². The van der Waals surface area contributed by atoms with Crippen LogP contribution >= 0.6 is 11.3 Å². The molecule has 238 valence electrons. The van der Waals surface area contributed by atoms with Crippen LogP contribution in [0.2, 0.25) is 0 Å². The Balaban J connectivity index is 0.000000352. The largest absolute Gasteiger partial charge is 0.508 e. The van der Waals surface area contributed by atoms with Crippen molar-refractivity contribution in [3.63, 3.8) is 0 Å². The molecule has 9 nitrogen and oxygen atoms in total. The second-order valence-electron chi connectivity index (χ2n) is 11.1. The van der Waals surface area contributed by atoms with E-state index in [1.165, 1.54) is 62.7 Å². The quantitative estimate of drug-likeness (QED) is 0.203. The SMILES string of the molecule is C#Cc1c(F)ccc2cc(O)cc(-c3nc(OC)c4c(NCc5csc(C)n5)nc(OC)nc4c3F)c12.FC1CC2CCCN2C1. The van der Waals surface area contributed by atoms with E-state index in [1.807, 2.05) is 12.3 Å². The first-order chi connectivity index (χ1) is 22.2. The van der Waals surface area contributed by atoms with Gasteiger partial charge in [-0.2, -0.15) is 9.97 Å². The van der Waals surface area contributed by atoms with Crippen molar-refractivity contribution in [2.24, 2.45) is 0 Å². The van der Waals surface area contributed by atoms with Crippen molar-refractivity contribution in [3.05, 3.63) is 57.5 Å². The van der Waals surface area contributed by atoms with Gasteiger partial charge >= 0.3 is 6.01 Å². The third kappa shape index (κ3) is 5.98. The number of anilines is 1. The molecule has 2 aromatic carbocycles. The maximum absolute atomic E-state index is 16.2. The molecule has 2 saturated heterocycles. The molecular formula is C33H31F3N6O3S. The zero-order valence-electron chi connectivity index (χ0n) is 25.4. The highest BCUT2D eigenvalue weighted by Crippen LogP contribution is 2.41. The highest BCUT2D eigenvalue weighted by molar-refractivity contribution is 7.09. The van der Waals surface area contributed by atoms with E-state index < -0.39 is 17.8 Å². The van der Waals surface area contributed by atoms with E-state index in [2.05, 4.69) is 36.1 Å². The van der Waals surface area contributed by atoms with Crippen LogP contribution in [0.4, 0.5) is 19.0 Å². The molecule has 0 saturated carbocycles. The van der Waals surface area contributed by atoms with Crippen LogP contribution in [-0.4, -0.2) is 69.5 Å². The van der Waals surface area contributed by atoms with E-state index in [-0.39, 0.29) is 56.6 Å². The van der Waals surface area contributed by atoms with Gasteiger partial charge < -0.3 is 19.9 Å². The first-order valence-electron chi connectivity index (χ1n) is 14.6. The molecule has 2 unspecified atom stereocenters. The number of rotatable bonds is 6. The number of phenols is 1. The van der Waals surface area contributed by atoms with Gasteiger partial charge in [0.1, 0.15) is 40.2 Å². The summed E-state index contributed by atoms with van der Waals surface area (Å²) in [6.07, 6.45) is 8.40. The number of thiazole rings is 1. The molecule has 13 heteroatoms.